The molecule has 1 aromatic heterocycles. The van der Waals surface area contributed by atoms with Crippen LogP contribution < -0.4 is 4.74 Å². The second-order valence-electron chi connectivity index (χ2n) is 3.54. The van der Waals surface area contributed by atoms with Crippen molar-refractivity contribution in [1.82, 2.24) is 15.0 Å². The molecule has 1 rings (SSSR count). The smallest absolute Gasteiger partial charge is 0.321 e. The maximum Gasteiger partial charge on any atom is 0.321 e. The molecule has 1 heterocycles. The van der Waals surface area contributed by atoms with Crippen LogP contribution in [0.1, 0.15) is 33.6 Å². The second-order valence-corrected chi connectivity index (χ2v) is 4.94. The minimum absolute atomic E-state index is 0.0342. The number of halogens is 1. The molecule has 0 saturated heterocycles. The van der Waals surface area contributed by atoms with Gasteiger partial charge in [0.05, 0.1) is 6.10 Å². The molecule has 90 valence electrons. The maximum absolute atomic E-state index is 5.79. The standard InChI is InChI=1S/C10H16ClN3OS/c1-4-5-6-16-10-13-8(11)12-9(14-10)15-7(2)3/h7H,4-6H2,1-3H3. The Balaban J connectivity index is 2.65. The van der Waals surface area contributed by atoms with Gasteiger partial charge < -0.3 is 4.74 Å². The fourth-order valence-electron chi connectivity index (χ4n) is 0.951. The van der Waals surface area contributed by atoms with Crippen LogP contribution in [0.3, 0.4) is 0 Å². The van der Waals surface area contributed by atoms with Crippen molar-refractivity contribution in [3.05, 3.63) is 5.28 Å². The first kappa shape index (κ1) is 13.5. The summed E-state index contributed by atoms with van der Waals surface area (Å²) in [7, 11) is 0. The molecule has 16 heavy (non-hydrogen) atoms. The third kappa shape index (κ3) is 4.99. The molecule has 0 unspecified atom stereocenters. The minimum atomic E-state index is 0.0342. The molecule has 0 aliphatic heterocycles. The Morgan fingerprint density at radius 2 is 2.06 bits per heavy atom. The van der Waals surface area contributed by atoms with Crippen LogP contribution in [0.2, 0.25) is 5.28 Å². The monoisotopic (exact) mass is 261 g/mol. The highest BCUT2D eigenvalue weighted by atomic mass is 35.5. The van der Waals surface area contributed by atoms with Crippen molar-refractivity contribution in [2.45, 2.75) is 44.9 Å². The number of unbranched alkanes of at least 4 members (excludes halogenated alkanes) is 1. The van der Waals surface area contributed by atoms with Crippen molar-refractivity contribution in [3.8, 4) is 6.01 Å². The Bertz CT molecular complexity index is 336. The number of thioether (sulfide) groups is 1. The Kier molecular flexibility index (Phi) is 5.84. The number of hydrogen-bond acceptors (Lipinski definition) is 5. The quantitative estimate of drug-likeness (QED) is 0.581. The van der Waals surface area contributed by atoms with E-state index in [1.807, 2.05) is 13.8 Å². The summed E-state index contributed by atoms with van der Waals surface area (Å²) in [6.07, 6.45) is 2.32. The molecule has 0 spiro atoms. The number of hydrogen-bond donors (Lipinski definition) is 0. The maximum atomic E-state index is 5.79. The number of rotatable bonds is 6. The van der Waals surface area contributed by atoms with E-state index in [9.17, 15) is 0 Å². The van der Waals surface area contributed by atoms with Crippen LogP contribution in [0.25, 0.3) is 0 Å². The van der Waals surface area contributed by atoms with E-state index in [0.29, 0.717) is 11.2 Å². The summed E-state index contributed by atoms with van der Waals surface area (Å²) in [5.41, 5.74) is 0. The van der Waals surface area contributed by atoms with Gasteiger partial charge in [0.1, 0.15) is 0 Å². The summed E-state index contributed by atoms with van der Waals surface area (Å²) in [4.78, 5) is 12.1. The molecule has 0 N–H and O–H groups in total. The van der Waals surface area contributed by atoms with E-state index in [1.54, 1.807) is 11.8 Å². The Labute approximate surface area is 105 Å². The Hall–Kier alpha value is -0.550. The fraction of sp³-hybridized carbons (Fsp3) is 0.700. The lowest BCUT2D eigenvalue weighted by Crippen LogP contribution is -2.09. The Morgan fingerprint density at radius 1 is 1.31 bits per heavy atom. The van der Waals surface area contributed by atoms with Gasteiger partial charge in [-0.1, -0.05) is 25.1 Å². The van der Waals surface area contributed by atoms with Gasteiger partial charge in [0.2, 0.25) is 5.28 Å². The van der Waals surface area contributed by atoms with Gasteiger partial charge in [0, 0.05) is 5.75 Å². The summed E-state index contributed by atoms with van der Waals surface area (Å²) >= 11 is 7.36. The van der Waals surface area contributed by atoms with Crippen molar-refractivity contribution in [3.63, 3.8) is 0 Å². The van der Waals surface area contributed by atoms with Crippen LogP contribution in [-0.4, -0.2) is 26.8 Å². The summed E-state index contributed by atoms with van der Waals surface area (Å²) < 4.78 is 5.38. The van der Waals surface area contributed by atoms with Gasteiger partial charge in [-0.15, -0.1) is 0 Å². The topological polar surface area (TPSA) is 47.9 Å². The predicted octanol–water partition coefficient (Wildman–Crippen LogP) is 3.20. The van der Waals surface area contributed by atoms with Crippen LogP contribution in [0.5, 0.6) is 6.01 Å². The lowest BCUT2D eigenvalue weighted by Gasteiger charge is -2.08. The largest absolute Gasteiger partial charge is 0.461 e. The lowest BCUT2D eigenvalue weighted by molar-refractivity contribution is 0.219. The molecule has 0 amide bonds. The molecule has 4 nitrogen and oxygen atoms in total. The van der Waals surface area contributed by atoms with E-state index in [2.05, 4.69) is 21.9 Å². The zero-order valence-corrected chi connectivity index (χ0v) is 11.3. The van der Waals surface area contributed by atoms with Gasteiger partial charge in [0.25, 0.3) is 0 Å². The fourth-order valence-corrected chi connectivity index (χ4v) is 2.06. The van der Waals surface area contributed by atoms with Gasteiger partial charge in [-0.2, -0.15) is 15.0 Å². The Morgan fingerprint density at radius 3 is 2.69 bits per heavy atom. The van der Waals surface area contributed by atoms with E-state index in [4.69, 9.17) is 16.3 Å². The number of aromatic nitrogens is 3. The van der Waals surface area contributed by atoms with E-state index in [1.165, 1.54) is 0 Å². The first-order valence-electron chi connectivity index (χ1n) is 5.33. The molecule has 6 heteroatoms. The van der Waals surface area contributed by atoms with Gasteiger partial charge in [-0.25, -0.2) is 0 Å². The molecule has 1 aromatic rings. The minimum Gasteiger partial charge on any atom is -0.461 e. The highest BCUT2D eigenvalue weighted by Crippen LogP contribution is 2.19. The van der Waals surface area contributed by atoms with Gasteiger partial charge >= 0.3 is 6.01 Å². The van der Waals surface area contributed by atoms with Crippen molar-refractivity contribution < 1.29 is 4.74 Å². The van der Waals surface area contributed by atoms with Crippen LogP contribution in [0, 0.1) is 0 Å². The normalized spacial score (nSPS) is 10.8. The highest BCUT2D eigenvalue weighted by Gasteiger charge is 2.07. The molecule has 0 aromatic carbocycles. The molecule has 0 saturated carbocycles. The highest BCUT2D eigenvalue weighted by molar-refractivity contribution is 7.99. The van der Waals surface area contributed by atoms with E-state index in [-0.39, 0.29) is 11.4 Å². The summed E-state index contributed by atoms with van der Waals surface area (Å²) in [5, 5.41) is 0.814. The average molecular weight is 262 g/mol. The van der Waals surface area contributed by atoms with Crippen molar-refractivity contribution in [2.24, 2.45) is 0 Å². The third-order valence-corrected chi connectivity index (χ3v) is 2.74. The molecule has 0 fully saturated rings. The molecule has 0 aliphatic rings. The molecular weight excluding hydrogens is 246 g/mol. The van der Waals surface area contributed by atoms with E-state index in [0.717, 1.165) is 18.6 Å². The number of ether oxygens (including phenoxy) is 1. The van der Waals surface area contributed by atoms with Crippen molar-refractivity contribution in [1.29, 1.82) is 0 Å². The van der Waals surface area contributed by atoms with Crippen LogP contribution in [0.4, 0.5) is 0 Å². The van der Waals surface area contributed by atoms with E-state index < -0.39 is 0 Å². The first-order valence-corrected chi connectivity index (χ1v) is 6.69. The van der Waals surface area contributed by atoms with Gasteiger partial charge in [-0.05, 0) is 31.9 Å². The summed E-state index contributed by atoms with van der Waals surface area (Å²) in [6, 6.07) is 0.300. The predicted molar refractivity (Wildman–Crippen MR) is 66.2 cm³/mol. The zero-order chi connectivity index (χ0) is 12.0. The average Bonchev–Trinajstić information content (AvgIpc) is 2.16. The molecular formula is C10H16ClN3OS. The van der Waals surface area contributed by atoms with Crippen LogP contribution >= 0.6 is 23.4 Å². The second kappa shape index (κ2) is 6.91. The van der Waals surface area contributed by atoms with Gasteiger partial charge in [-0.3, -0.25) is 0 Å². The van der Waals surface area contributed by atoms with Crippen LogP contribution in [-0.2, 0) is 0 Å². The molecule has 0 radical (unpaired) electrons. The van der Waals surface area contributed by atoms with E-state index >= 15 is 0 Å². The molecule has 0 atom stereocenters. The van der Waals surface area contributed by atoms with Gasteiger partial charge in [0.15, 0.2) is 5.16 Å². The molecule has 0 bridgehead atoms. The number of nitrogens with zero attached hydrogens (tertiary/aromatic N) is 3. The molecule has 0 aliphatic carbocycles. The first-order chi connectivity index (χ1) is 7.61. The summed E-state index contributed by atoms with van der Waals surface area (Å²) in [5.74, 6) is 0.984. The SMILES string of the molecule is CCCCSc1nc(Cl)nc(OC(C)C)n1. The summed E-state index contributed by atoms with van der Waals surface area (Å²) in [6.45, 7) is 5.98. The van der Waals surface area contributed by atoms with Crippen molar-refractivity contribution >= 4 is 23.4 Å². The van der Waals surface area contributed by atoms with Crippen LogP contribution in [0.15, 0.2) is 5.16 Å². The third-order valence-electron chi connectivity index (χ3n) is 1.64. The zero-order valence-electron chi connectivity index (χ0n) is 9.73. The van der Waals surface area contributed by atoms with Crippen molar-refractivity contribution in [2.75, 3.05) is 5.75 Å². The lowest BCUT2D eigenvalue weighted by atomic mass is 10.4.